The molecule has 2 aromatic heterocycles. The van der Waals surface area contributed by atoms with Crippen molar-refractivity contribution in [3.63, 3.8) is 0 Å². The Morgan fingerprint density at radius 3 is 2.23 bits per heavy atom. The monoisotopic (exact) mass is 497 g/mol. The fourth-order valence-corrected chi connectivity index (χ4v) is 5.29. The van der Waals surface area contributed by atoms with Crippen LogP contribution >= 0.6 is 22.9 Å². The number of hydrogen-bond donors (Lipinski definition) is 2. The van der Waals surface area contributed by atoms with Gasteiger partial charge in [-0.2, -0.15) is 0 Å². The zero-order chi connectivity index (χ0) is 24.7. The number of fused-ring (bicyclic) bond motifs is 1. The molecule has 0 bridgehead atoms. The van der Waals surface area contributed by atoms with Gasteiger partial charge in [0.05, 0.1) is 11.4 Å². The standard InChI is InChI=1S/C29H24ClN3OS/c1-16-4-7-20(8-5-16)24-15-22(19-9-11-21(30)12-10-19)25-26(31)27(35-29(25)33-24)28(34)32-23-13-6-17(2)14-18(23)3/h4-15H,31H2,1-3H3,(H,32,34). The molecule has 0 atom stereocenters. The van der Waals surface area contributed by atoms with E-state index in [1.807, 2.05) is 62.4 Å². The summed E-state index contributed by atoms with van der Waals surface area (Å²) < 4.78 is 0. The molecule has 0 saturated heterocycles. The van der Waals surface area contributed by atoms with Crippen LogP contribution in [0.5, 0.6) is 0 Å². The minimum Gasteiger partial charge on any atom is -0.397 e. The Morgan fingerprint density at radius 2 is 1.54 bits per heavy atom. The van der Waals surface area contributed by atoms with Crippen LogP contribution < -0.4 is 11.1 Å². The number of anilines is 2. The minimum absolute atomic E-state index is 0.239. The number of amides is 1. The molecular formula is C29H24ClN3OS. The molecule has 0 radical (unpaired) electrons. The lowest BCUT2D eigenvalue weighted by Crippen LogP contribution is -2.12. The number of benzene rings is 3. The van der Waals surface area contributed by atoms with E-state index in [9.17, 15) is 4.79 Å². The summed E-state index contributed by atoms with van der Waals surface area (Å²) in [5, 5.41) is 4.45. The van der Waals surface area contributed by atoms with Gasteiger partial charge in [0.2, 0.25) is 0 Å². The first-order valence-corrected chi connectivity index (χ1v) is 12.4. The van der Waals surface area contributed by atoms with Gasteiger partial charge in [-0.25, -0.2) is 4.98 Å². The van der Waals surface area contributed by atoms with Crippen molar-refractivity contribution in [2.45, 2.75) is 20.8 Å². The van der Waals surface area contributed by atoms with Crippen LogP contribution in [0.3, 0.4) is 0 Å². The van der Waals surface area contributed by atoms with E-state index in [1.54, 1.807) is 0 Å². The first-order chi connectivity index (χ1) is 16.8. The molecule has 174 valence electrons. The predicted octanol–water partition coefficient (Wildman–Crippen LogP) is 8.04. The third kappa shape index (κ3) is 4.53. The molecule has 0 aliphatic rings. The Morgan fingerprint density at radius 1 is 0.886 bits per heavy atom. The highest BCUT2D eigenvalue weighted by atomic mass is 35.5. The molecule has 2 heterocycles. The molecule has 5 rings (SSSR count). The summed E-state index contributed by atoms with van der Waals surface area (Å²) in [6.07, 6.45) is 0. The van der Waals surface area contributed by atoms with Crippen LogP contribution in [-0.2, 0) is 0 Å². The van der Waals surface area contributed by atoms with E-state index in [1.165, 1.54) is 16.9 Å². The molecule has 0 saturated carbocycles. The summed E-state index contributed by atoms with van der Waals surface area (Å²) in [6, 6.07) is 23.8. The van der Waals surface area contributed by atoms with E-state index >= 15 is 0 Å². The van der Waals surface area contributed by atoms with Gasteiger partial charge in [0.1, 0.15) is 9.71 Å². The Kier molecular flexibility index (Phi) is 6.05. The van der Waals surface area contributed by atoms with Gasteiger partial charge in [-0.3, -0.25) is 4.79 Å². The summed E-state index contributed by atoms with van der Waals surface area (Å²) in [6.45, 7) is 6.06. The number of nitrogen functional groups attached to an aromatic ring is 1. The van der Waals surface area contributed by atoms with E-state index in [0.29, 0.717) is 15.6 Å². The Labute approximate surface area is 213 Å². The van der Waals surface area contributed by atoms with Crippen LogP contribution in [0.25, 0.3) is 32.6 Å². The Hall–Kier alpha value is -3.67. The van der Waals surface area contributed by atoms with Crippen molar-refractivity contribution in [3.8, 4) is 22.4 Å². The maximum Gasteiger partial charge on any atom is 0.267 e. The number of carbonyl (C=O) groups is 1. The van der Waals surface area contributed by atoms with E-state index in [0.717, 1.165) is 49.4 Å². The van der Waals surface area contributed by atoms with Crippen molar-refractivity contribution < 1.29 is 4.79 Å². The second kappa shape index (κ2) is 9.17. The van der Waals surface area contributed by atoms with Gasteiger partial charge in [-0.1, -0.05) is 71.3 Å². The van der Waals surface area contributed by atoms with Gasteiger partial charge in [0, 0.05) is 21.7 Å². The average Bonchev–Trinajstić information content (AvgIpc) is 3.18. The molecule has 5 aromatic rings. The molecular weight excluding hydrogens is 474 g/mol. The van der Waals surface area contributed by atoms with Crippen molar-refractivity contribution >= 4 is 50.4 Å². The Balaban J connectivity index is 1.66. The van der Waals surface area contributed by atoms with E-state index < -0.39 is 0 Å². The third-order valence-electron chi connectivity index (χ3n) is 6.04. The van der Waals surface area contributed by atoms with Crippen LogP contribution in [0, 0.1) is 20.8 Å². The van der Waals surface area contributed by atoms with Gasteiger partial charge in [0.15, 0.2) is 0 Å². The fourth-order valence-electron chi connectivity index (χ4n) is 4.15. The summed E-state index contributed by atoms with van der Waals surface area (Å²) in [7, 11) is 0. The summed E-state index contributed by atoms with van der Waals surface area (Å²) in [5.74, 6) is -0.239. The molecule has 3 aromatic carbocycles. The topological polar surface area (TPSA) is 68.0 Å². The molecule has 0 unspecified atom stereocenters. The van der Waals surface area contributed by atoms with Crippen molar-refractivity contribution in [1.82, 2.24) is 4.98 Å². The number of rotatable bonds is 4. The number of pyridine rings is 1. The zero-order valence-corrected chi connectivity index (χ0v) is 21.2. The maximum atomic E-state index is 13.3. The normalized spacial score (nSPS) is 11.1. The number of halogens is 1. The lowest BCUT2D eigenvalue weighted by molar-refractivity contribution is 0.103. The van der Waals surface area contributed by atoms with E-state index in [4.69, 9.17) is 22.3 Å². The molecule has 0 aliphatic heterocycles. The molecule has 0 fully saturated rings. The number of aryl methyl sites for hydroxylation is 3. The van der Waals surface area contributed by atoms with Crippen molar-refractivity contribution in [1.29, 1.82) is 0 Å². The highest BCUT2D eigenvalue weighted by molar-refractivity contribution is 7.21. The molecule has 4 nitrogen and oxygen atoms in total. The van der Waals surface area contributed by atoms with Crippen molar-refractivity contribution in [3.05, 3.63) is 99.4 Å². The lowest BCUT2D eigenvalue weighted by Gasteiger charge is -2.10. The number of hydrogen-bond acceptors (Lipinski definition) is 4. The number of aromatic nitrogens is 1. The summed E-state index contributed by atoms with van der Waals surface area (Å²) in [4.78, 5) is 19.4. The number of carbonyl (C=O) groups excluding carboxylic acids is 1. The van der Waals surface area contributed by atoms with Crippen LogP contribution in [-0.4, -0.2) is 10.9 Å². The molecule has 0 aliphatic carbocycles. The number of thiophene rings is 1. The third-order valence-corrected chi connectivity index (χ3v) is 7.39. The fraction of sp³-hybridized carbons (Fsp3) is 0.103. The quantitative estimate of drug-likeness (QED) is 0.264. The van der Waals surface area contributed by atoms with Crippen LogP contribution in [0.4, 0.5) is 11.4 Å². The highest BCUT2D eigenvalue weighted by Crippen LogP contribution is 2.42. The molecule has 6 heteroatoms. The minimum atomic E-state index is -0.239. The van der Waals surface area contributed by atoms with Crippen molar-refractivity contribution in [2.24, 2.45) is 0 Å². The van der Waals surface area contributed by atoms with Crippen LogP contribution in [0.2, 0.25) is 5.02 Å². The zero-order valence-electron chi connectivity index (χ0n) is 19.6. The molecule has 35 heavy (non-hydrogen) atoms. The van der Waals surface area contributed by atoms with Gasteiger partial charge in [-0.05, 0) is 61.7 Å². The second-order valence-electron chi connectivity index (χ2n) is 8.73. The van der Waals surface area contributed by atoms with Crippen molar-refractivity contribution in [2.75, 3.05) is 11.1 Å². The SMILES string of the molecule is Cc1ccc(-c2cc(-c3ccc(Cl)cc3)c3c(N)c(C(=O)Nc4ccc(C)cc4C)sc3n2)cc1. The summed E-state index contributed by atoms with van der Waals surface area (Å²) >= 11 is 7.46. The highest BCUT2D eigenvalue weighted by Gasteiger charge is 2.22. The second-order valence-corrected chi connectivity index (χ2v) is 10.2. The van der Waals surface area contributed by atoms with Gasteiger partial charge >= 0.3 is 0 Å². The molecule has 3 N–H and O–H groups in total. The lowest BCUT2D eigenvalue weighted by atomic mass is 9.99. The number of nitrogens with zero attached hydrogens (tertiary/aromatic N) is 1. The Bertz CT molecular complexity index is 1570. The van der Waals surface area contributed by atoms with Crippen LogP contribution in [0.15, 0.2) is 72.8 Å². The van der Waals surface area contributed by atoms with E-state index in [2.05, 4.69) is 36.5 Å². The van der Waals surface area contributed by atoms with Gasteiger partial charge in [0.25, 0.3) is 5.91 Å². The molecule has 0 spiro atoms. The van der Waals surface area contributed by atoms with Gasteiger partial charge in [-0.15, -0.1) is 11.3 Å². The number of nitrogens with two attached hydrogens (primary N) is 1. The van der Waals surface area contributed by atoms with Gasteiger partial charge < -0.3 is 11.1 Å². The first-order valence-electron chi connectivity index (χ1n) is 11.2. The maximum absolute atomic E-state index is 13.3. The van der Waals surface area contributed by atoms with Crippen LogP contribution in [0.1, 0.15) is 26.4 Å². The first kappa shape index (κ1) is 23.1. The number of nitrogens with one attached hydrogen (secondary N) is 1. The largest absolute Gasteiger partial charge is 0.397 e. The van der Waals surface area contributed by atoms with E-state index in [-0.39, 0.29) is 5.91 Å². The predicted molar refractivity (Wildman–Crippen MR) is 149 cm³/mol. The summed E-state index contributed by atoms with van der Waals surface area (Å²) in [5.41, 5.74) is 14.8. The average molecular weight is 498 g/mol. The molecule has 1 amide bonds. The smallest absolute Gasteiger partial charge is 0.267 e.